The summed E-state index contributed by atoms with van der Waals surface area (Å²) in [6.07, 6.45) is 0. The zero-order chi connectivity index (χ0) is 14.8. The van der Waals surface area contributed by atoms with Crippen LogP contribution in [0.25, 0.3) is 0 Å². The van der Waals surface area contributed by atoms with E-state index in [1.807, 2.05) is 20.8 Å². The van der Waals surface area contributed by atoms with E-state index in [0.717, 1.165) is 11.5 Å². The summed E-state index contributed by atoms with van der Waals surface area (Å²) in [6, 6.07) is -0.384. The van der Waals surface area contributed by atoms with Crippen LogP contribution in [0.4, 0.5) is 0 Å². The Labute approximate surface area is 120 Å². The Morgan fingerprint density at radius 1 is 1.32 bits per heavy atom. The Balaban J connectivity index is 2.99. The van der Waals surface area contributed by atoms with Crippen LogP contribution in [-0.2, 0) is 9.59 Å². The van der Waals surface area contributed by atoms with Gasteiger partial charge in [0.05, 0.1) is 0 Å². The second kappa shape index (κ2) is 5.73. The van der Waals surface area contributed by atoms with Crippen molar-refractivity contribution in [3.8, 4) is 0 Å². The normalized spacial score (nSPS) is 23.5. The average Bonchev–Trinajstić information content (AvgIpc) is 2.22. The highest BCUT2D eigenvalue weighted by atomic mass is 32.2. The third-order valence-electron chi connectivity index (χ3n) is 3.29. The summed E-state index contributed by atoms with van der Waals surface area (Å²) in [5.74, 6) is 1.87. The smallest absolute Gasteiger partial charge is 0.248 e. The summed E-state index contributed by atoms with van der Waals surface area (Å²) < 4.78 is 0. The molecule has 0 spiro atoms. The molecule has 0 aromatic rings. The van der Waals surface area contributed by atoms with Crippen LogP contribution >= 0.6 is 11.8 Å². The molecule has 0 aromatic heterocycles. The molecule has 0 radical (unpaired) electrons. The van der Waals surface area contributed by atoms with E-state index in [4.69, 9.17) is 0 Å². The first-order valence-corrected chi connectivity index (χ1v) is 7.97. The standard InChI is InChI=1S/C14H26N2O2S/c1-7-19-9-8-16-10(13(2,3)4)11(17)15-14(5,6)12(16)18/h10H,7-9H2,1-6H3,(H,15,17). The summed E-state index contributed by atoms with van der Waals surface area (Å²) in [6.45, 7) is 12.3. The fourth-order valence-electron chi connectivity index (χ4n) is 2.45. The molecule has 19 heavy (non-hydrogen) atoms. The number of thioether (sulfide) groups is 1. The van der Waals surface area contributed by atoms with Gasteiger partial charge in [0.25, 0.3) is 0 Å². The van der Waals surface area contributed by atoms with Crippen molar-refractivity contribution < 1.29 is 9.59 Å². The van der Waals surface area contributed by atoms with Crippen LogP contribution in [0.5, 0.6) is 0 Å². The molecular weight excluding hydrogens is 260 g/mol. The number of carbonyl (C=O) groups is 2. The number of amides is 2. The van der Waals surface area contributed by atoms with Gasteiger partial charge in [-0.05, 0) is 25.0 Å². The number of hydrogen-bond donors (Lipinski definition) is 1. The first kappa shape index (κ1) is 16.3. The fourth-order valence-corrected chi connectivity index (χ4v) is 3.06. The molecule has 2 amide bonds. The number of carbonyl (C=O) groups excluding carboxylic acids is 2. The lowest BCUT2D eigenvalue weighted by Crippen LogP contribution is -2.70. The van der Waals surface area contributed by atoms with Crippen LogP contribution in [0.3, 0.4) is 0 Å². The lowest BCUT2D eigenvalue weighted by Gasteiger charge is -2.47. The maximum absolute atomic E-state index is 12.5. The van der Waals surface area contributed by atoms with Crippen molar-refractivity contribution in [1.29, 1.82) is 0 Å². The van der Waals surface area contributed by atoms with E-state index in [9.17, 15) is 9.59 Å². The van der Waals surface area contributed by atoms with Crippen LogP contribution in [-0.4, -0.2) is 46.3 Å². The third kappa shape index (κ3) is 3.65. The molecule has 0 saturated carbocycles. The number of rotatable bonds is 4. The summed E-state index contributed by atoms with van der Waals surface area (Å²) in [4.78, 5) is 26.6. The second-order valence-electron chi connectivity index (χ2n) is 6.58. The highest BCUT2D eigenvalue weighted by molar-refractivity contribution is 7.99. The number of hydrogen-bond acceptors (Lipinski definition) is 3. The van der Waals surface area contributed by atoms with Gasteiger partial charge in [0, 0.05) is 12.3 Å². The van der Waals surface area contributed by atoms with Crippen molar-refractivity contribution in [3.05, 3.63) is 0 Å². The Bertz CT molecular complexity index is 361. The summed E-state index contributed by atoms with van der Waals surface area (Å²) in [5, 5.41) is 2.85. The van der Waals surface area contributed by atoms with Gasteiger partial charge < -0.3 is 10.2 Å². The van der Waals surface area contributed by atoms with Crippen LogP contribution in [0.1, 0.15) is 41.5 Å². The molecule has 4 nitrogen and oxygen atoms in total. The van der Waals surface area contributed by atoms with Crippen LogP contribution < -0.4 is 5.32 Å². The number of nitrogens with zero attached hydrogens (tertiary/aromatic N) is 1. The minimum atomic E-state index is -0.796. The zero-order valence-electron chi connectivity index (χ0n) is 12.9. The van der Waals surface area contributed by atoms with Gasteiger partial charge in [-0.2, -0.15) is 11.8 Å². The van der Waals surface area contributed by atoms with Gasteiger partial charge in [-0.25, -0.2) is 0 Å². The maximum Gasteiger partial charge on any atom is 0.248 e. The fraction of sp³-hybridized carbons (Fsp3) is 0.857. The monoisotopic (exact) mass is 286 g/mol. The number of piperazine rings is 1. The number of nitrogens with one attached hydrogen (secondary N) is 1. The maximum atomic E-state index is 12.5. The van der Waals surface area contributed by atoms with Gasteiger partial charge in [0.2, 0.25) is 11.8 Å². The van der Waals surface area contributed by atoms with E-state index in [1.165, 1.54) is 0 Å². The van der Waals surface area contributed by atoms with Crippen LogP contribution in [0.2, 0.25) is 0 Å². The molecule has 1 unspecified atom stereocenters. The molecule has 1 N–H and O–H groups in total. The minimum Gasteiger partial charge on any atom is -0.340 e. The lowest BCUT2D eigenvalue weighted by molar-refractivity contribution is -0.157. The minimum absolute atomic E-state index is 0.0173. The van der Waals surface area contributed by atoms with Gasteiger partial charge in [-0.15, -0.1) is 0 Å². The van der Waals surface area contributed by atoms with Gasteiger partial charge in [-0.1, -0.05) is 27.7 Å². The Morgan fingerprint density at radius 2 is 1.89 bits per heavy atom. The molecule has 1 saturated heterocycles. The lowest BCUT2D eigenvalue weighted by atomic mass is 9.81. The third-order valence-corrected chi connectivity index (χ3v) is 4.17. The predicted molar refractivity (Wildman–Crippen MR) is 80.2 cm³/mol. The van der Waals surface area contributed by atoms with Crippen molar-refractivity contribution in [2.24, 2.45) is 5.41 Å². The molecule has 1 atom stereocenters. The first-order chi connectivity index (χ1) is 8.61. The molecule has 1 rings (SSSR count). The molecule has 110 valence electrons. The van der Waals surface area contributed by atoms with Crippen molar-refractivity contribution in [1.82, 2.24) is 10.2 Å². The summed E-state index contributed by atoms with van der Waals surface area (Å²) in [5.41, 5.74) is -1.05. The van der Waals surface area contributed by atoms with E-state index in [2.05, 4.69) is 12.2 Å². The van der Waals surface area contributed by atoms with Crippen molar-refractivity contribution >= 4 is 23.6 Å². The second-order valence-corrected chi connectivity index (χ2v) is 7.97. The van der Waals surface area contributed by atoms with E-state index in [-0.39, 0.29) is 23.3 Å². The molecule has 0 aromatic carbocycles. The van der Waals surface area contributed by atoms with Gasteiger partial charge in [0.1, 0.15) is 11.6 Å². The molecule has 0 aliphatic carbocycles. The molecule has 5 heteroatoms. The summed E-state index contributed by atoms with van der Waals surface area (Å²) in [7, 11) is 0. The van der Waals surface area contributed by atoms with Gasteiger partial charge in [-0.3, -0.25) is 9.59 Å². The Kier molecular flexibility index (Phi) is 4.93. The topological polar surface area (TPSA) is 49.4 Å². The SMILES string of the molecule is CCSCCN1C(=O)C(C)(C)NC(=O)C1C(C)(C)C. The van der Waals surface area contributed by atoms with Crippen LogP contribution in [0, 0.1) is 5.41 Å². The van der Waals surface area contributed by atoms with E-state index >= 15 is 0 Å². The molecular formula is C14H26N2O2S. The Hall–Kier alpha value is -0.710. The molecule has 0 bridgehead atoms. The summed E-state index contributed by atoms with van der Waals surface area (Å²) >= 11 is 1.79. The average molecular weight is 286 g/mol. The quantitative estimate of drug-likeness (QED) is 0.803. The van der Waals surface area contributed by atoms with Gasteiger partial charge >= 0.3 is 0 Å². The van der Waals surface area contributed by atoms with Gasteiger partial charge in [0.15, 0.2) is 0 Å². The molecule has 1 fully saturated rings. The molecule has 1 aliphatic heterocycles. The van der Waals surface area contributed by atoms with E-state index in [1.54, 1.807) is 30.5 Å². The van der Waals surface area contributed by atoms with Crippen molar-refractivity contribution in [2.45, 2.75) is 53.1 Å². The van der Waals surface area contributed by atoms with E-state index in [0.29, 0.717) is 6.54 Å². The Morgan fingerprint density at radius 3 is 2.37 bits per heavy atom. The largest absolute Gasteiger partial charge is 0.340 e. The van der Waals surface area contributed by atoms with Crippen LogP contribution in [0.15, 0.2) is 0 Å². The van der Waals surface area contributed by atoms with Crippen molar-refractivity contribution in [2.75, 3.05) is 18.1 Å². The highest BCUT2D eigenvalue weighted by Gasteiger charge is 2.49. The molecule has 1 aliphatic rings. The first-order valence-electron chi connectivity index (χ1n) is 6.82. The van der Waals surface area contributed by atoms with Crippen molar-refractivity contribution in [3.63, 3.8) is 0 Å². The zero-order valence-corrected chi connectivity index (χ0v) is 13.7. The predicted octanol–water partition coefficient (Wildman–Crippen LogP) is 1.89. The van der Waals surface area contributed by atoms with E-state index < -0.39 is 5.54 Å². The molecule has 1 heterocycles. The highest BCUT2D eigenvalue weighted by Crippen LogP contribution is 2.30.